The van der Waals surface area contributed by atoms with E-state index in [-0.39, 0.29) is 12.3 Å². The summed E-state index contributed by atoms with van der Waals surface area (Å²) >= 11 is 1.26. The van der Waals surface area contributed by atoms with Crippen LogP contribution in [0, 0.1) is 18.1 Å². The quantitative estimate of drug-likeness (QED) is 0.513. The molecule has 0 amide bonds. The fourth-order valence-electron chi connectivity index (χ4n) is 1.93. The number of nitrogens with two attached hydrogens (primary N) is 1. The van der Waals surface area contributed by atoms with E-state index in [0.29, 0.717) is 22.1 Å². The number of benzene rings is 1. The summed E-state index contributed by atoms with van der Waals surface area (Å²) in [6.45, 7) is 3.69. The Balaban J connectivity index is 2.41. The van der Waals surface area contributed by atoms with E-state index in [4.69, 9.17) is 5.73 Å². The molecule has 0 aliphatic heterocycles. The Morgan fingerprint density at radius 3 is 2.42 bits per heavy atom. The number of halogens is 3. The van der Waals surface area contributed by atoms with E-state index in [0.717, 1.165) is 5.56 Å². The highest BCUT2D eigenvalue weighted by Crippen LogP contribution is 2.30. The van der Waals surface area contributed by atoms with Gasteiger partial charge < -0.3 is 10.5 Å². The molecule has 0 spiro atoms. The van der Waals surface area contributed by atoms with E-state index < -0.39 is 6.36 Å². The lowest BCUT2D eigenvalue weighted by Crippen LogP contribution is -2.17. The van der Waals surface area contributed by atoms with Crippen LogP contribution < -0.4 is 10.5 Å². The van der Waals surface area contributed by atoms with Gasteiger partial charge in [-0.15, -0.1) is 13.2 Å². The Kier molecular flexibility index (Phi) is 5.70. The summed E-state index contributed by atoms with van der Waals surface area (Å²) in [7, 11) is 0. The molecule has 0 saturated heterocycles. The molecule has 0 fully saturated rings. The predicted octanol–water partition coefficient (Wildman–Crippen LogP) is 3.88. The number of aromatic nitrogens is 2. The predicted molar refractivity (Wildman–Crippen MR) is 86.1 cm³/mol. The monoisotopic (exact) mass is 353 g/mol. The van der Waals surface area contributed by atoms with E-state index in [1.165, 1.54) is 36.0 Å². The lowest BCUT2D eigenvalue weighted by Gasteiger charge is -2.12. The van der Waals surface area contributed by atoms with Crippen LogP contribution in [0.1, 0.15) is 18.3 Å². The third kappa shape index (κ3) is 4.63. The highest BCUT2D eigenvalue weighted by atomic mass is 32.2. The summed E-state index contributed by atoms with van der Waals surface area (Å²) in [6, 6.07) is 5.50. The Morgan fingerprint density at radius 1 is 1.21 bits per heavy atom. The van der Waals surface area contributed by atoms with Gasteiger partial charge in [0, 0.05) is 11.1 Å². The largest absolute Gasteiger partial charge is 0.573 e. The van der Waals surface area contributed by atoms with Crippen LogP contribution in [0.3, 0.4) is 0 Å². The minimum Gasteiger partial charge on any atom is -0.406 e. The first-order valence-electron chi connectivity index (χ1n) is 6.86. The molecule has 126 valence electrons. The van der Waals surface area contributed by atoms with Gasteiger partial charge in [-0.2, -0.15) is 0 Å². The molecule has 1 aromatic carbocycles. The number of rotatable bonds is 4. The second-order valence-electron chi connectivity index (χ2n) is 4.65. The maximum absolute atomic E-state index is 12.2. The molecule has 0 aliphatic carbocycles. The van der Waals surface area contributed by atoms with Gasteiger partial charge in [0.15, 0.2) is 0 Å². The topological polar surface area (TPSA) is 61.0 Å². The molecule has 1 heterocycles. The second kappa shape index (κ2) is 7.55. The van der Waals surface area contributed by atoms with Crippen molar-refractivity contribution in [2.45, 2.75) is 31.8 Å². The van der Waals surface area contributed by atoms with Crippen molar-refractivity contribution in [1.29, 1.82) is 0 Å². The number of nitrogens with zero attached hydrogens (tertiary/aromatic N) is 2. The van der Waals surface area contributed by atoms with Crippen molar-refractivity contribution in [1.82, 2.24) is 9.97 Å². The number of hydrogen-bond acceptors (Lipinski definition) is 5. The van der Waals surface area contributed by atoms with Crippen molar-refractivity contribution in [2.24, 2.45) is 5.73 Å². The summed E-state index contributed by atoms with van der Waals surface area (Å²) in [6.07, 6.45) is -4.72. The van der Waals surface area contributed by atoms with Crippen molar-refractivity contribution in [3.8, 4) is 28.2 Å². The number of ether oxygens (including phenoxy) is 1. The second-order valence-corrected chi connectivity index (χ2v) is 5.44. The molecule has 0 radical (unpaired) electrons. The molecular weight excluding hydrogens is 339 g/mol. The summed E-state index contributed by atoms with van der Waals surface area (Å²) in [4.78, 5) is 8.70. The first kappa shape index (κ1) is 18.1. The summed E-state index contributed by atoms with van der Waals surface area (Å²) in [5.41, 5.74) is 7.65. The number of hydrogen-bond donors (Lipinski definition) is 1. The number of alkyl halides is 3. The Bertz CT molecular complexity index is 780. The van der Waals surface area contributed by atoms with Gasteiger partial charge in [0.1, 0.15) is 16.6 Å². The first-order chi connectivity index (χ1) is 11.3. The molecule has 0 bridgehead atoms. The van der Waals surface area contributed by atoms with E-state index in [1.54, 1.807) is 6.92 Å². The van der Waals surface area contributed by atoms with Crippen molar-refractivity contribution in [3.63, 3.8) is 0 Å². The van der Waals surface area contributed by atoms with Gasteiger partial charge in [-0.1, -0.05) is 5.92 Å². The molecule has 0 atom stereocenters. The fourth-order valence-corrected chi connectivity index (χ4v) is 2.53. The molecular formula is C16H14F3N3OS. The highest BCUT2D eigenvalue weighted by molar-refractivity contribution is 8.03. The van der Waals surface area contributed by atoms with Gasteiger partial charge in [0.2, 0.25) is 0 Å². The summed E-state index contributed by atoms with van der Waals surface area (Å²) in [5, 5.41) is 3.53. The zero-order chi connectivity index (χ0) is 17.7. The first-order valence-corrected chi connectivity index (χ1v) is 7.68. The van der Waals surface area contributed by atoms with Crippen LogP contribution in [0.25, 0.3) is 11.3 Å². The molecule has 24 heavy (non-hydrogen) atoms. The van der Waals surface area contributed by atoms with E-state index in [2.05, 4.69) is 25.9 Å². The Morgan fingerprint density at radius 2 is 1.88 bits per heavy atom. The van der Waals surface area contributed by atoms with Gasteiger partial charge in [-0.05, 0) is 55.1 Å². The van der Waals surface area contributed by atoms with Crippen LogP contribution >= 0.6 is 11.8 Å². The molecule has 0 aliphatic rings. The standard InChI is InChI=1S/C16H14F3N3OS/c1-3-8-24-15-10(2)14(21-13(9-20)22-15)11-4-6-12(7-5-11)23-16(17,18)19/h4-7H,9,20H2,1-2H3. The van der Waals surface area contributed by atoms with Gasteiger partial charge in [0.25, 0.3) is 0 Å². The van der Waals surface area contributed by atoms with Gasteiger partial charge in [0.05, 0.1) is 12.2 Å². The lowest BCUT2D eigenvalue weighted by atomic mass is 10.1. The van der Waals surface area contributed by atoms with Crippen molar-refractivity contribution in [2.75, 3.05) is 0 Å². The molecule has 2 aromatic rings. The molecule has 0 saturated carbocycles. The lowest BCUT2D eigenvalue weighted by molar-refractivity contribution is -0.274. The minimum atomic E-state index is -4.72. The van der Waals surface area contributed by atoms with Crippen LogP contribution in [0.2, 0.25) is 0 Å². The molecule has 2 rings (SSSR count). The normalized spacial score (nSPS) is 10.9. The number of thioether (sulfide) groups is 1. The van der Waals surface area contributed by atoms with Crippen molar-refractivity contribution in [3.05, 3.63) is 35.7 Å². The average Bonchev–Trinajstić information content (AvgIpc) is 2.53. The van der Waals surface area contributed by atoms with Crippen LogP contribution in [0.15, 0.2) is 29.3 Å². The van der Waals surface area contributed by atoms with Crippen molar-refractivity contribution >= 4 is 11.8 Å². The van der Waals surface area contributed by atoms with Gasteiger partial charge >= 0.3 is 6.36 Å². The van der Waals surface area contributed by atoms with Gasteiger partial charge in [-0.25, -0.2) is 9.97 Å². The van der Waals surface area contributed by atoms with Gasteiger partial charge in [-0.3, -0.25) is 0 Å². The Labute approximate surface area is 141 Å². The van der Waals surface area contributed by atoms with Crippen LogP contribution in [-0.4, -0.2) is 16.3 Å². The minimum absolute atomic E-state index is 0.148. The zero-order valence-corrected chi connectivity index (χ0v) is 13.8. The molecule has 4 nitrogen and oxygen atoms in total. The fraction of sp³-hybridized carbons (Fsp3) is 0.250. The maximum Gasteiger partial charge on any atom is 0.573 e. The summed E-state index contributed by atoms with van der Waals surface area (Å²) < 4.78 is 40.5. The van der Waals surface area contributed by atoms with E-state index in [1.807, 2.05) is 6.92 Å². The van der Waals surface area contributed by atoms with E-state index in [9.17, 15) is 13.2 Å². The molecule has 2 N–H and O–H groups in total. The summed E-state index contributed by atoms with van der Waals surface area (Å²) in [5.74, 6) is 2.92. The van der Waals surface area contributed by atoms with E-state index >= 15 is 0 Å². The van der Waals surface area contributed by atoms with Crippen LogP contribution in [0.5, 0.6) is 5.75 Å². The van der Waals surface area contributed by atoms with Crippen LogP contribution in [0.4, 0.5) is 13.2 Å². The third-order valence-electron chi connectivity index (χ3n) is 2.94. The van der Waals surface area contributed by atoms with Crippen LogP contribution in [-0.2, 0) is 6.54 Å². The average molecular weight is 353 g/mol. The maximum atomic E-state index is 12.2. The molecule has 0 unspecified atom stereocenters. The third-order valence-corrected chi connectivity index (χ3v) is 3.84. The highest BCUT2D eigenvalue weighted by Gasteiger charge is 2.31. The van der Waals surface area contributed by atoms with Crippen molar-refractivity contribution < 1.29 is 17.9 Å². The smallest absolute Gasteiger partial charge is 0.406 e. The zero-order valence-electron chi connectivity index (χ0n) is 12.9. The molecule has 1 aromatic heterocycles. The Hall–Kier alpha value is -2.24. The SMILES string of the molecule is CC#CSc1nc(CN)nc(-c2ccc(OC(F)(F)F)cc2)c1C. The molecule has 8 heteroatoms.